The maximum absolute atomic E-state index is 13.8. The van der Waals surface area contributed by atoms with Crippen molar-refractivity contribution >= 4 is 17.5 Å². The van der Waals surface area contributed by atoms with Crippen LogP contribution in [0.2, 0.25) is 0 Å². The van der Waals surface area contributed by atoms with Crippen LogP contribution in [-0.2, 0) is 9.59 Å². The second-order valence-corrected chi connectivity index (χ2v) is 6.16. The number of hydrogen-bond acceptors (Lipinski definition) is 4. The van der Waals surface area contributed by atoms with Gasteiger partial charge in [0.15, 0.2) is 0 Å². The topological polar surface area (TPSA) is 64.7 Å². The Morgan fingerprint density at radius 1 is 1.12 bits per heavy atom. The molecule has 1 aliphatic heterocycles. The highest BCUT2D eigenvalue weighted by Gasteiger charge is 2.19. The van der Waals surface area contributed by atoms with Crippen molar-refractivity contribution in [1.29, 1.82) is 0 Å². The number of rotatable bonds is 5. The highest BCUT2D eigenvalue weighted by atomic mass is 19.1. The molecule has 24 heavy (non-hydrogen) atoms. The first kappa shape index (κ1) is 18.2. The van der Waals surface area contributed by atoms with E-state index in [4.69, 9.17) is 0 Å². The molecule has 0 atom stereocenters. The van der Waals surface area contributed by atoms with Crippen molar-refractivity contribution in [1.82, 2.24) is 15.5 Å². The third kappa shape index (κ3) is 5.19. The fourth-order valence-corrected chi connectivity index (χ4v) is 2.66. The van der Waals surface area contributed by atoms with Crippen molar-refractivity contribution in [3.05, 3.63) is 30.1 Å². The first-order valence-corrected chi connectivity index (χ1v) is 8.28. The molecule has 132 valence electrons. The molecule has 1 aromatic carbocycles. The SMILES string of the molecule is CC(C)NC(=O)C(=O)NCCN1CCN(c2ccccc2F)CC1. The summed E-state index contributed by atoms with van der Waals surface area (Å²) in [5, 5.41) is 5.17. The Bertz CT molecular complexity index is 571. The van der Waals surface area contributed by atoms with E-state index in [0.29, 0.717) is 18.8 Å². The Morgan fingerprint density at radius 3 is 2.42 bits per heavy atom. The summed E-state index contributed by atoms with van der Waals surface area (Å²) in [6, 6.07) is 6.72. The summed E-state index contributed by atoms with van der Waals surface area (Å²) in [5.41, 5.74) is 0.635. The minimum Gasteiger partial charge on any atom is -0.367 e. The van der Waals surface area contributed by atoms with Gasteiger partial charge in [0.2, 0.25) is 0 Å². The second kappa shape index (κ2) is 8.63. The number of anilines is 1. The Kier molecular flexibility index (Phi) is 6.54. The molecule has 0 unspecified atom stereocenters. The summed E-state index contributed by atoms with van der Waals surface area (Å²) >= 11 is 0. The van der Waals surface area contributed by atoms with Crippen LogP contribution in [0.5, 0.6) is 0 Å². The summed E-state index contributed by atoms with van der Waals surface area (Å²) in [5.74, 6) is -1.41. The fourth-order valence-electron chi connectivity index (χ4n) is 2.66. The van der Waals surface area contributed by atoms with E-state index in [1.54, 1.807) is 26.0 Å². The zero-order chi connectivity index (χ0) is 17.5. The molecule has 2 rings (SSSR count). The molecule has 1 fully saturated rings. The van der Waals surface area contributed by atoms with Crippen LogP contribution in [0.1, 0.15) is 13.8 Å². The third-order valence-electron chi connectivity index (χ3n) is 3.91. The van der Waals surface area contributed by atoms with Crippen molar-refractivity contribution in [3.8, 4) is 0 Å². The number of piperazine rings is 1. The monoisotopic (exact) mass is 336 g/mol. The number of nitrogens with one attached hydrogen (secondary N) is 2. The molecule has 1 heterocycles. The van der Waals surface area contributed by atoms with Gasteiger partial charge in [-0.2, -0.15) is 0 Å². The van der Waals surface area contributed by atoms with E-state index in [9.17, 15) is 14.0 Å². The largest absolute Gasteiger partial charge is 0.367 e. The van der Waals surface area contributed by atoms with Gasteiger partial charge >= 0.3 is 11.8 Å². The van der Waals surface area contributed by atoms with Crippen LogP contribution in [0.3, 0.4) is 0 Å². The van der Waals surface area contributed by atoms with Gasteiger partial charge in [-0.25, -0.2) is 4.39 Å². The Balaban J connectivity index is 1.69. The lowest BCUT2D eigenvalue weighted by Gasteiger charge is -2.36. The number of carbonyl (C=O) groups excluding carboxylic acids is 2. The number of amides is 2. The second-order valence-electron chi connectivity index (χ2n) is 6.16. The maximum atomic E-state index is 13.8. The molecule has 6 nitrogen and oxygen atoms in total. The quantitative estimate of drug-likeness (QED) is 0.773. The van der Waals surface area contributed by atoms with Crippen LogP contribution in [0.4, 0.5) is 10.1 Å². The van der Waals surface area contributed by atoms with Crippen molar-refractivity contribution in [2.45, 2.75) is 19.9 Å². The van der Waals surface area contributed by atoms with Crippen LogP contribution in [0.15, 0.2) is 24.3 Å². The molecule has 2 amide bonds. The lowest BCUT2D eigenvalue weighted by Crippen LogP contribution is -2.50. The molecule has 0 saturated carbocycles. The van der Waals surface area contributed by atoms with E-state index >= 15 is 0 Å². The van der Waals surface area contributed by atoms with Gasteiger partial charge in [0.05, 0.1) is 5.69 Å². The van der Waals surface area contributed by atoms with E-state index in [2.05, 4.69) is 15.5 Å². The zero-order valence-corrected chi connectivity index (χ0v) is 14.2. The number of halogens is 1. The molecule has 0 aliphatic carbocycles. The number of nitrogens with zero attached hydrogens (tertiary/aromatic N) is 2. The van der Waals surface area contributed by atoms with Crippen LogP contribution in [0, 0.1) is 5.82 Å². The molecule has 0 aromatic heterocycles. The molecule has 0 radical (unpaired) electrons. The predicted octanol–water partition coefficient (Wildman–Crippen LogP) is 0.589. The van der Waals surface area contributed by atoms with E-state index in [1.807, 2.05) is 11.0 Å². The summed E-state index contributed by atoms with van der Waals surface area (Å²) in [6.45, 7) is 7.77. The molecule has 1 aromatic rings. The lowest BCUT2D eigenvalue weighted by molar-refractivity contribution is -0.139. The van der Waals surface area contributed by atoms with Crippen molar-refractivity contribution in [2.24, 2.45) is 0 Å². The fraction of sp³-hybridized carbons (Fsp3) is 0.529. The molecule has 0 bridgehead atoms. The molecular formula is C17H25FN4O2. The van der Waals surface area contributed by atoms with Gasteiger partial charge in [-0.15, -0.1) is 0 Å². The number of benzene rings is 1. The first-order valence-electron chi connectivity index (χ1n) is 8.28. The van der Waals surface area contributed by atoms with Crippen molar-refractivity contribution in [3.63, 3.8) is 0 Å². The smallest absolute Gasteiger partial charge is 0.309 e. The molecule has 0 spiro atoms. The van der Waals surface area contributed by atoms with Gasteiger partial charge in [0, 0.05) is 45.3 Å². The normalized spacial score (nSPS) is 15.4. The van der Waals surface area contributed by atoms with Gasteiger partial charge < -0.3 is 15.5 Å². The third-order valence-corrected chi connectivity index (χ3v) is 3.91. The highest BCUT2D eigenvalue weighted by molar-refractivity contribution is 6.35. The number of hydrogen-bond donors (Lipinski definition) is 2. The minimum absolute atomic E-state index is 0.0605. The van der Waals surface area contributed by atoms with E-state index < -0.39 is 11.8 Å². The zero-order valence-electron chi connectivity index (χ0n) is 14.2. The van der Waals surface area contributed by atoms with Crippen LogP contribution in [0.25, 0.3) is 0 Å². The summed E-state index contributed by atoms with van der Waals surface area (Å²) in [6.07, 6.45) is 0. The van der Waals surface area contributed by atoms with Gasteiger partial charge in [-0.1, -0.05) is 12.1 Å². The van der Waals surface area contributed by atoms with Crippen LogP contribution >= 0.6 is 0 Å². The van der Waals surface area contributed by atoms with Gasteiger partial charge in [-0.3, -0.25) is 14.5 Å². The number of carbonyl (C=O) groups is 2. The van der Waals surface area contributed by atoms with Crippen molar-refractivity contribution in [2.75, 3.05) is 44.2 Å². The molecule has 2 N–H and O–H groups in total. The van der Waals surface area contributed by atoms with Crippen LogP contribution < -0.4 is 15.5 Å². The summed E-state index contributed by atoms with van der Waals surface area (Å²) < 4.78 is 13.8. The highest BCUT2D eigenvalue weighted by Crippen LogP contribution is 2.19. The van der Waals surface area contributed by atoms with Gasteiger partial charge in [0.25, 0.3) is 0 Å². The Hall–Kier alpha value is -2.15. The summed E-state index contributed by atoms with van der Waals surface area (Å²) in [7, 11) is 0. The van der Waals surface area contributed by atoms with Gasteiger partial charge in [-0.05, 0) is 26.0 Å². The number of para-hydroxylation sites is 1. The lowest BCUT2D eigenvalue weighted by atomic mass is 10.2. The maximum Gasteiger partial charge on any atom is 0.309 e. The molecular weight excluding hydrogens is 311 g/mol. The molecule has 7 heteroatoms. The summed E-state index contributed by atoms with van der Waals surface area (Å²) in [4.78, 5) is 27.3. The van der Waals surface area contributed by atoms with Gasteiger partial charge in [0.1, 0.15) is 5.82 Å². The van der Waals surface area contributed by atoms with E-state index in [0.717, 1.165) is 26.2 Å². The van der Waals surface area contributed by atoms with Crippen molar-refractivity contribution < 1.29 is 14.0 Å². The Labute approximate surface area is 142 Å². The average Bonchev–Trinajstić information content (AvgIpc) is 2.55. The molecule has 1 saturated heterocycles. The average molecular weight is 336 g/mol. The predicted molar refractivity (Wildman–Crippen MR) is 91.3 cm³/mol. The Morgan fingerprint density at radius 2 is 1.79 bits per heavy atom. The first-order chi connectivity index (χ1) is 11.5. The standard InChI is InChI=1S/C17H25FN4O2/c1-13(2)20-17(24)16(23)19-7-8-21-9-11-22(12-10-21)15-6-4-3-5-14(15)18/h3-6,13H,7-12H2,1-2H3,(H,19,23)(H,20,24). The van der Waals surface area contributed by atoms with E-state index in [-0.39, 0.29) is 11.9 Å². The van der Waals surface area contributed by atoms with E-state index in [1.165, 1.54) is 6.07 Å². The van der Waals surface area contributed by atoms with Crippen LogP contribution in [-0.4, -0.2) is 62.0 Å². The molecule has 1 aliphatic rings. The minimum atomic E-state index is -0.603.